The van der Waals surface area contributed by atoms with E-state index >= 15 is 0 Å². The van der Waals surface area contributed by atoms with E-state index in [1.54, 1.807) is 0 Å². The summed E-state index contributed by atoms with van der Waals surface area (Å²) in [4.78, 5) is 8.64. The molecule has 0 unspecified atom stereocenters. The average Bonchev–Trinajstić information content (AvgIpc) is 2.68. The van der Waals surface area contributed by atoms with Gasteiger partial charge in [0.25, 0.3) is 5.92 Å². The number of anilines is 1. The van der Waals surface area contributed by atoms with Crippen LogP contribution in [0, 0.1) is 22.0 Å². The third-order valence-corrected chi connectivity index (χ3v) is 5.87. The molecule has 2 aromatic heterocycles. The molecule has 31 heavy (non-hydrogen) atoms. The molecule has 2 N–H and O–H groups in total. The van der Waals surface area contributed by atoms with Gasteiger partial charge in [0.15, 0.2) is 12.4 Å². The first kappa shape index (κ1) is 22.8. The molecule has 1 aliphatic carbocycles. The number of nitrogens with zero attached hydrogens (tertiary/aromatic N) is 4. The highest BCUT2D eigenvalue weighted by Gasteiger charge is 2.36. The van der Waals surface area contributed by atoms with E-state index in [1.807, 2.05) is 13.8 Å². The van der Waals surface area contributed by atoms with Crippen LogP contribution < -0.4 is 10.0 Å². The number of pyridine rings is 1. The number of nitriles is 1. The molecule has 9 heteroatoms. The number of aryl methyl sites for hydroxylation is 2. The summed E-state index contributed by atoms with van der Waals surface area (Å²) in [6, 6.07) is 3.25. The number of aromatic nitrogens is 3. The molecule has 1 saturated carbocycles. The van der Waals surface area contributed by atoms with Crippen molar-refractivity contribution in [2.75, 3.05) is 5.32 Å². The Morgan fingerprint density at radius 2 is 2.13 bits per heavy atom. The molecule has 2 atom stereocenters. The maximum Gasteiger partial charge on any atom is 0.271 e. The summed E-state index contributed by atoms with van der Waals surface area (Å²) >= 11 is 0. The fourth-order valence-electron chi connectivity index (χ4n) is 4.07. The highest BCUT2D eigenvalue weighted by Crippen LogP contribution is 2.37. The van der Waals surface area contributed by atoms with Gasteiger partial charge < -0.3 is 15.6 Å². The predicted molar refractivity (Wildman–Crippen MR) is 110 cm³/mol. The summed E-state index contributed by atoms with van der Waals surface area (Å²) in [5.41, 5.74) is 0.0807. The molecular formula is C22H27F2N5O2. The smallest absolute Gasteiger partial charge is 0.271 e. The first-order valence-corrected chi connectivity index (χ1v) is 10.3. The first-order valence-electron chi connectivity index (χ1n) is 10.3. The van der Waals surface area contributed by atoms with E-state index in [4.69, 9.17) is 0 Å². The van der Waals surface area contributed by atoms with E-state index < -0.39 is 5.92 Å². The molecule has 3 rings (SSSR count). The number of aliphatic hydroxyl groups excluding tert-OH is 1. The summed E-state index contributed by atoms with van der Waals surface area (Å²) in [5.74, 6) is -2.28. The number of hydrogen-bond donors (Lipinski definition) is 2. The second-order valence-corrected chi connectivity index (χ2v) is 8.92. The van der Waals surface area contributed by atoms with Crippen LogP contribution in [0.5, 0.6) is 0 Å². The zero-order chi connectivity index (χ0) is 22.8. The van der Waals surface area contributed by atoms with Gasteiger partial charge in [-0.15, -0.1) is 0 Å². The molecule has 2 heterocycles. The first-order chi connectivity index (χ1) is 14.5. The number of aliphatic hydroxyl groups is 1. The van der Waals surface area contributed by atoms with E-state index in [9.17, 15) is 24.4 Å². The molecule has 0 aliphatic heterocycles. The molecule has 0 aromatic carbocycles. The zero-order valence-electron chi connectivity index (χ0n) is 17.9. The largest absolute Gasteiger partial charge is 0.619 e. The van der Waals surface area contributed by atoms with Crippen LogP contribution in [-0.2, 0) is 18.8 Å². The summed E-state index contributed by atoms with van der Waals surface area (Å²) in [5, 5.41) is 34.5. The Morgan fingerprint density at radius 1 is 1.39 bits per heavy atom. The van der Waals surface area contributed by atoms with Gasteiger partial charge in [0, 0.05) is 36.6 Å². The molecule has 0 saturated heterocycles. The van der Waals surface area contributed by atoms with Crippen LogP contribution in [0.15, 0.2) is 24.7 Å². The van der Waals surface area contributed by atoms with Crippen molar-refractivity contribution in [3.8, 4) is 6.07 Å². The van der Waals surface area contributed by atoms with Crippen molar-refractivity contribution >= 4 is 5.82 Å². The van der Waals surface area contributed by atoms with Crippen molar-refractivity contribution in [2.24, 2.45) is 5.41 Å². The molecular weight excluding hydrogens is 404 g/mol. The lowest BCUT2D eigenvalue weighted by Gasteiger charge is -2.40. The molecule has 166 valence electrons. The van der Waals surface area contributed by atoms with E-state index in [1.165, 1.54) is 6.20 Å². The quantitative estimate of drug-likeness (QED) is 0.537. The lowest BCUT2D eigenvalue weighted by atomic mass is 9.73. The van der Waals surface area contributed by atoms with Crippen LogP contribution >= 0.6 is 0 Å². The van der Waals surface area contributed by atoms with Gasteiger partial charge in [-0.25, -0.2) is 18.7 Å². The fourth-order valence-corrected chi connectivity index (χ4v) is 4.07. The van der Waals surface area contributed by atoms with Crippen LogP contribution in [0.25, 0.3) is 0 Å². The van der Waals surface area contributed by atoms with Crippen molar-refractivity contribution in [1.82, 2.24) is 9.97 Å². The van der Waals surface area contributed by atoms with Crippen LogP contribution in [-0.4, -0.2) is 27.2 Å². The van der Waals surface area contributed by atoms with Crippen molar-refractivity contribution in [2.45, 2.75) is 70.9 Å². The molecule has 0 radical (unpaired) electrons. The topological polar surface area (TPSA) is 109 Å². The third kappa shape index (κ3) is 5.44. The van der Waals surface area contributed by atoms with E-state index in [-0.39, 0.29) is 41.5 Å². The highest BCUT2D eigenvalue weighted by molar-refractivity contribution is 5.51. The maximum atomic E-state index is 13.9. The Bertz CT molecular complexity index is 985. The van der Waals surface area contributed by atoms with Crippen LogP contribution in [0.2, 0.25) is 0 Å². The SMILES string of the molecule is CC(F)(F)c1cc[n+]([O-])cc1CCc1ncc(C#N)c(N[C@@H]2CC[C@H](O)C(C)(C)C2)n1. The second-order valence-electron chi connectivity index (χ2n) is 8.92. The lowest BCUT2D eigenvalue weighted by molar-refractivity contribution is -0.606. The summed E-state index contributed by atoms with van der Waals surface area (Å²) in [6.07, 6.45) is 5.77. The summed E-state index contributed by atoms with van der Waals surface area (Å²) < 4.78 is 28.3. The minimum Gasteiger partial charge on any atom is -0.619 e. The van der Waals surface area contributed by atoms with Gasteiger partial charge in [-0.1, -0.05) is 13.8 Å². The van der Waals surface area contributed by atoms with Crippen molar-refractivity contribution in [3.63, 3.8) is 0 Å². The van der Waals surface area contributed by atoms with Gasteiger partial charge in [-0.3, -0.25) is 0 Å². The second kappa shape index (κ2) is 8.71. The molecule has 1 fully saturated rings. The molecule has 2 aromatic rings. The van der Waals surface area contributed by atoms with Crippen molar-refractivity contribution in [3.05, 3.63) is 52.4 Å². The monoisotopic (exact) mass is 431 g/mol. The van der Waals surface area contributed by atoms with E-state index in [0.29, 0.717) is 28.4 Å². The maximum absolute atomic E-state index is 13.9. The Balaban J connectivity index is 1.78. The number of rotatable bonds is 6. The fraction of sp³-hybridized carbons (Fsp3) is 0.545. The van der Waals surface area contributed by atoms with Gasteiger partial charge in [0.1, 0.15) is 23.3 Å². The number of alkyl halides is 2. The molecule has 0 spiro atoms. The number of nitrogens with one attached hydrogen (secondary N) is 1. The lowest BCUT2D eigenvalue weighted by Crippen LogP contribution is -2.41. The molecule has 0 amide bonds. The normalized spacial score (nSPS) is 20.8. The molecule has 1 aliphatic rings. The van der Waals surface area contributed by atoms with Crippen molar-refractivity contribution < 1.29 is 18.6 Å². The third-order valence-electron chi connectivity index (χ3n) is 5.87. The van der Waals surface area contributed by atoms with Gasteiger partial charge in [0.05, 0.1) is 12.3 Å². The standard InChI is InChI=1S/C22H27F2N5O2/c1-21(2)10-16(5-6-18(21)30)27-20-15(11-25)12-26-19(28-20)7-4-14-13-29(31)9-8-17(14)22(3,23)24/h8-9,12-13,16,18,30H,4-7,10H2,1-3H3,(H,26,27,28)/t16-,18+/m1/s1. The summed E-state index contributed by atoms with van der Waals surface area (Å²) in [6.45, 7) is 4.81. The minimum absolute atomic E-state index is 0.0483. The Labute approximate surface area is 180 Å². The predicted octanol–water partition coefficient (Wildman–Crippen LogP) is 3.23. The number of hydrogen-bond acceptors (Lipinski definition) is 6. The van der Waals surface area contributed by atoms with Crippen LogP contribution in [0.1, 0.15) is 62.5 Å². The Morgan fingerprint density at radius 3 is 2.77 bits per heavy atom. The van der Waals surface area contributed by atoms with E-state index in [2.05, 4.69) is 21.4 Å². The van der Waals surface area contributed by atoms with E-state index in [0.717, 1.165) is 38.2 Å². The van der Waals surface area contributed by atoms with Gasteiger partial charge in [-0.05, 0) is 31.1 Å². The van der Waals surface area contributed by atoms with Gasteiger partial charge in [-0.2, -0.15) is 9.99 Å². The van der Waals surface area contributed by atoms with Gasteiger partial charge >= 0.3 is 0 Å². The zero-order valence-corrected chi connectivity index (χ0v) is 17.9. The Kier molecular flexibility index (Phi) is 6.41. The van der Waals surface area contributed by atoms with Crippen molar-refractivity contribution in [1.29, 1.82) is 5.26 Å². The highest BCUT2D eigenvalue weighted by atomic mass is 19.3. The van der Waals surface area contributed by atoms with Crippen LogP contribution in [0.4, 0.5) is 14.6 Å². The Hall–Kier alpha value is -2.86. The molecule has 0 bridgehead atoms. The summed E-state index contributed by atoms with van der Waals surface area (Å²) in [7, 11) is 0. The number of halogens is 2. The van der Waals surface area contributed by atoms with Crippen LogP contribution in [0.3, 0.4) is 0 Å². The average molecular weight is 431 g/mol. The molecule has 7 nitrogen and oxygen atoms in total. The van der Waals surface area contributed by atoms with Gasteiger partial charge in [0.2, 0.25) is 0 Å². The minimum atomic E-state index is -3.07.